The molecule has 0 radical (unpaired) electrons. The maximum absolute atomic E-state index is 11.7. The summed E-state index contributed by atoms with van der Waals surface area (Å²) in [7, 11) is -3.92. The highest BCUT2D eigenvalue weighted by Gasteiger charge is 2.41. The van der Waals surface area contributed by atoms with Crippen LogP contribution in [0.15, 0.2) is 0 Å². The minimum absolute atomic E-state index is 0.134. The van der Waals surface area contributed by atoms with Crippen molar-refractivity contribution in [1.82, 2.24) is 4.90 Å². The van der Waals surface area contributed by atoms with E-state index in [-0.39, 0.29) is 24.5 Å². The quantitative estimate of drug-likeness (QED) is 0.492. The van der Waals surface area contributed by atoms with E-state index in [1.165, 1.54) is 0 Å². The number of carboxylic acid groups (broad SMARTS) is 2. The minimum Gasteiger partial charge on any atom is -0.481 e. The maximum Gasteiger partial charge on any atom is 0.327 e. The van der Waals surface area contributed by atoms with E-state index in [4.69, 9.17) is 15.4 Å². The van der Waals surface area contributed by atoms with Gasteiger partial charge < -0.3 is 15.1 Å². The summed E-state index contributed by atoms with van der Waals surface area (Å²) in [6, 6.07) is -1.27. The number of carboxylic acids is 2. The standard InChI is InChI=1S/C9H14N2O7S2/c10-20(17,18)5-1-7(12)11(2-5)6(9(15)16)3-19-4-8(13)14/h5-6H,1-4H2,(H,13,14)(H,15,16)(H2,10,17,18)/t5?,6-/m0/s1. The van der Waals surface area contributed by atoms with Crippen LogP contribution in [0.2, 0.25) is 0 Å². The number of likely N-dealkylation sites (tertiary alicyclic amines) is 1. The second kappa shape index (κ2) is 6.41. The summed E-state index contributed by atoms with van der Waals surface area (Å²) >= 11 is 0.840. The van der Waals surface area contributed by atoms with Gasteiger partial charge in [-0.3, -0.25) is 9.59 Å². The van der Waals surface area contributed by atoms with Crippen LogP contribution in [-0.4, -0.2) is 70.7 Å². The molecule has 4 N–H and O–H groups in total. The van der Waals surface area contributed by atoms with E-state index in [0.717, 1.165) is 16.7 Å². The monoisotopic (exact) mass is 326 g/mol. The van der Waals surface area contributed by atoms with Gasteiger partial charge in [-0.05, 0) is 0 Å². The molecule has 1 heterocycles. The molecule has 2 atom stereocenters. The number of amides is 1. The number of carbonyl (C=O) groups is 3. The van der Waals surface area contributed by atoms with Crippen LogP contribution in [-0.2, 0) is 24.4 Å². The third kappa shape index (κ3) is 4.35. The van der Waals surface area contributed by atoms with E-state index in [0.29, 0.717) is 0 Å². The predicted molar refractivity (Wildman–Crippen MR) is 69.6 cm³/mol. The van der Waals surface area contributed by atoms with Gasteiger partial charge in [0.25, 0.3) is 0 Å². The van der Waals surface area contributed by atoms with Crippen molar-refractivity contribution < 1.29 is 33.0 Å². The number of thioether (sulfide) groups is 1. The summed E-state index contributed by atoms with van der Waals surface area (Å²) < 4.78 is 22.4. The van der Waals surface area contributed by atoms with Crippen molar-refractivity contribution in [3.63, 3.8) is 0 Å². The molecule has 11 heteroatoms. The van der Waals surface area contributed by atoms with Crippen molar-refractivity contribution in [1.29, 1.82) is 0 Å². The smallest absolute Gasteiger partial charge is 0.327 e. The van der Waals surface area contributed by atoms with E-state index in [2.05, 4.69) is 0 Å². The lowest BCUT2D eigenvalue weighted by molar-refractivity contribution is -0.147. The molecule has 20 heavy (non-hydrogen) atoms. The van der Waals surface area contributed by atoms with Crippen LogP contribution in [0.3, 0.4) is 0 Å². The summed E-state index contributed by atoms with van der Waals surface area (Å²) in [5.41, 5.74) is 0. The molecule has 0 aromatic rings. The zero-order valence-corrected chi connectivity index (χ0v) is 11.9. The summed E-state index contributed by atoms with van der Waals surface area (Å²) in [6.07, 6.45) is -0.355. The lowest BCUT2D eigenvalue weighted by Crippen LogP contribution is -2.45. The van der Waals surface area contributed by atoms with Gasteiger partial charge in [0.15, 0.2) is 0 Å². The van der Waals surface area contributed by atoms with Crippen LogP contribution in [0.25, 0.3) is 0 Å². The van der Waals surface area contributed by atoms with Crippen LogP contribution >= 0.6 is 11.8 Å². The average molecular weight is 326 g/mol. The number of sulfonamides is 1. The Balaban J connectivity index is 2.75. The Labute approximate surface area is 119 Å². The van der Waals surface area contributed by atoms with E-state index in [9.17, 15) is 22.8 Å². The minimum atomic E-state index is -3.92. The third-order valence-electron chi connectivity index (χ3n) is 2.75. The highest BCUT2D eigenvalue weighted by Crippen LogP contribution is 2.21. The first-order chi connectivity index (χ1) is 9.12. The molecule has 0 aliphatic carbocycles. The molecule has 1 fully saturated rings. The second-order valence-corrected chi connectivity index (χ2v) is 7.10. The first kappa shape index (κ1) is 16.7. The van der Waals surface area contributed by atoms with Gasteiger partial charge in [0.05, 0.1) is 5.75 Å². The van der Waals surface area contributed by atoms with Crippen LogP contribution in [0, 0.1) is 0 Å². The van der Waals surface area contributed by atoms with Gasteiger partial charge >= 0.3 is 11.9 Å². The normalized spacial score (nSPS) is 20.9. The van der Waals surface area contributed by atoms with Crippen molar-refractivity contribution in [2.24, 2.45) is 5.14 Å². The molecule has 1 unspecified atom stereocenters. The Bertz CT molecular complexity index is 518. The van der Waals surface area contributed by atoms with Gasteiger partial charge in [0, 0.05) is 18.7 Å². The zero-order valence-electron chi connectivity index (χ0n) is 10.3. The number of nitrogens with two attached hydrogens (primary N) is 1. The Hall–Kier alpha value is -1.33. The zero-order chi connectivity index (χ0) is 15.5. The molecular weight excluding hydrogens is 312 g/mol. The Morgan fingerprint density at radius 2 is 2.05 bits per heavy atom. The van der Waals surface area contributed by atoms with Crippen LogP contribution in [0.5, 0.6) is 0 Å². The second-order valence-electron chi connectivity index (χ2n) is 4.22. The van der Waals surface area contributed by atoms with Gasteiger partial charge in [0.2, 0.25) is 15.9 Å². The number of hydrogen-bond donors (Lipinski definition) is 3. The van der Waals surface area contributed by atoms with Crippen LogP contribution in [0.4, 0.5) is 0 Å². The molecule has 0 bridgehead atoms. The fraction of sp³-hybridized carbons (Fsp3) is 0.667. The predicted octanol–water partition coefficient (Wildman–Crippen LogP) is -1.85. The lowest BCUT2D eigenvalue weighted by atomic mass is 10.3. The van der Waals surface area contributed by atoms with E-state index in [1.54, 1.807) is 0 Å². The van der Waals surface area contributed by atoms with Gasteiger partial charge in [0.1, 0.15) is 11.3 Å². The number of aliphatic carboxylic acids is 2. The van der Waals surface area contributed by atoms with Crippen LogP contribution in [0.1, 0.15) is 6.42 Å². The molecule has 114 valence electrons. The molecular formula is C9H14N2O7S2. The fourth-order valence-electron chi connectivity index (χ4n) is 1.77. The molecule has 9 nitrogen and oxygen atoms in total. The van der Waals surface area contributed by atoms with Gasteiger partial charge in [-0.25, -0.2) is 18.4 Å². The Morgan fingerprint density at radius 3 is 2.45 bits per heavy atom. The molecule has 1 aliphatic heterocycles. The van der Waals surface area contributed by atoms with Crippen molar-refractivity contribution in [3.05, 3.63) is 0 Å². The average Bonchev–Trinajstić information content (AvgIpc) is 2.65. The molecule has 1 saturated heterocycles. The molecule has 0 saturated carbocycles. The topological polar surface area (TPSA) is 155 Å². The number of nitrogens with zero attached hydrogens (tertiary/aromatic N) is 1. The Kier molecular flexibility index (Phi) is 5.36. The largest absolute Gasteiger partial charge is 0.481 e. The molecule has 0 spiro atoms. The molecule has 0 aromatic heterocycles. The summed E-state index contributed by atoms with van der Waals surface area (Å²) in [5.74, 6) is -3.47. The van der Waals surface area contributed by atoms with Crippen LogP contribution < -0.4 is 5.14 Å². The molecule has 1 rings (SSSR count). The third-order valence-corrected chi connectivity index (χ3v) is 5.00. The maximum atomic E-state index is 11.7. The number of rotatable bonds is 7. The highest BCUT2D eigenvalue weighted by molar-refractivity contribution is 8.00. The van der Waals surface area contributed by atoms with E-state index < -0.39 is 39.2 Å². The number of primary sulfonamides is 1. The van der Waals surface area contributed by atoms with Gasteiger partial charge in [-0.1, -0.05) is 0 Å². The number of hydrogen-bond acceptors (Lipinski definition) is 6. The van der Waals surface area contributed by atoms with Crippen molar-refractivity contribution in [2.75, 3.05) is 18.1 Å². The van der Waals surface area contributed by atoms with Crippen molar-refractivity contribution in [2.45, 2.75) is 17.7 Å². The van der Waals surface area contributed by atoms with Gasteiger partial charge in [-0.2, -0.15) is 0 Å². The van der Waals surface area contributed by atoms with Crippen molar-refractivity contribution >= 4 is 39.6 Å². The molecule has 1 amide bonds. The highest BCUT2D eigenvalue weighted by atomic mass is 32.2. The summed E-state index contributed by atoms with van der Waals surface area (Å²) in [6.45, 7) is -0.289. The summed E-state index contributed by atoms with van der Waals surface area (Å²) in [4.78, 5) is 34.1. The fourth-order valence-corrected chi connectivity index (χ4v) is 3.35. The first-order valence-electron chi connectivity index (χ1n) is 5.46. The van der Waals surface area contributed by atoms with E-state index >= 15 is 0 Å². The Morgan fingerprint density at radius 1 is 1.45 bits per heavy atom. The number of carbonyl (C=O) groups excluding carboxylic acids is 1. The molecule has 0 aromatic carbocycles. The van der Waals surface area contributed by atoms with E-state index in [1.807, 2.05) is 0 Å². The summed E-state index contributed by atoms with van der Waals surface area (Å²) in [5, 5.41) is 21.4. The van der Waals surface area contributed by atoms with Crippen molar-refractivity contribution in [3.8, 4) is 0 Å². The first-order valence-corrected chi connectivity index (χ1v) is 8.22. The molecule has 1 aliphatic rings. The SMILES string of the molecule is NS(=O)(=O)C1CC(=O)N([C@@H](CSCC(=O)O)C(=O)O)C1. The lowest BCUT2D eigenvalue weighted by Gasteiger charge is -2.24. The van der Waals surface area contributed by atoms with Gasteiger partial charge in [-0.15, -0.1) is 11.8 Å².